The average molecular weight is 400 g/mol. The van der Waals surface area contributed by atoms with E-state index in [0.29, 0.717) is 37.3 Å². The minimum atomic E-state index is -0.0500. The highest BCUT2D eigenvalue weighted by atomic mass is 35.5. The van der Waals surface area contributed by atoms with E-state index in [1.165, 1.54) is 11.8 Å². The molecular formula is C16H9Cl3N2O2S. The molecule has 1 heterocycles. The lowest BCUT2D eigenvalue weighted by Crippen LogP contribution is -2.01. The van der Waals surface area contributed by atoms with Crippen molar-refractivity contribution in [2.45, 2.75) is 5.22 Å². The fourth-order valence-corrected chi connectivity index (χ4v) is 2.94. The average Bonchev–Trinajstić information content (AvgIpc) is 3.05. The van der Waals surface area contributed by atoms with Gasteiger partial charge in [0.05, 0.1) is 15.8 Å². The first kappa shape index (κ1) is 17.3. The molecule has 0 fully saturated rings. The molecule has 0 saturated heterocycles. The van der Waals surface area contributed by atoms with Crippen molar-refractivity contribution in [3.05, 3.63) is 63.1 Å². The SMILES string of the molecule is O=C(CSc1nnc(-c2ccc(Cl)c(Cl)c2)o1)c1ccc(Cl)cc1. The maximum atomic E-state index is 12.1. The topological polar surface area (TPSA) is 56.0 Å². The Kier molecular flexibility index (Phi) is 5.46. The van der Waals surface area contributed by atoms with E-state index >= 15 is 0 Å². The van der Waals surface area contributed by atoms with Gasteiger partial charge in [-0.2, -0.15) is 0 Å². The summed E-state index contributed by atoms with van der Waals surface area (Å²) in [5.41, 5.74) is 1.24. The van der Waals surface area contributed by atoms with Gasteiger partial charge < -0.3 is 4.42 Å². The molecule has 0 aliphatic rings. The number of thioether (sulfide) groups is 1. The van der Waals surface area contributed by atoms with Crippen molar-refractivity contribution in [3.8, 4) is 11.5 Å². The number of benzene rings is 2. The maximum absolute atomic E-state index is 12.1. The standard InChI is InChI=1S/C16H9Cl3N2O2S/c17-11-4-1-9(2-5-11)14(22)8-24-16-21-20-15(23-16)10-3-6-12(18)13(19)7-10/h1-7H,8H2. The number of ketones is 1. The summed E-state index contributed by atoms with van der Waals surface area (Å²) in [5, 5.41) is 9.61. The highest BCUT2D eigenvalue weighted by Gasteiger charge is 2.13. The summed E-state index contributed by atoms with van der Waals surface area (Å²) in [7, 11) is 0. The summed E-state index contributed by atoms with van der Waals surface area (Å²) in [6.07, 6.45) is 0. The smallest absolute Gasteiger partial charge is 0.277 e. The van der Waals surface area contributed by atoms with Crippen LogP contribution in [0.4, 0.5) is 0 Å². The van der Waals surface area contributed by atoms with E-state index < -0.39 is 0 Å². The number of carbonyl (C=O) groups excluding carboxylic acids is 1. The van der Waals surface area contributed by atoms with Crippen molar-refractivity contribution >= 4 is 52.3 Å². The molecule has 8 heteroatoms. The van der Waals surface area contributed by atoms with Gasteiger partial charge in [0.1, 0.15) is 0 Å². The van der Waals surface area contributed by atoms with Crippen LogP contribution < -0.4 is 0 Å². The molecule has 0 aliphatic carbocycles. The van der Waals surface area contributed by atoms with E-state index in [0.717, 1.165) is 0 Å². The second-order valence-corrected chi connectivity index (χ2v) is 6.90. The van der Waals surface area contributed by atoms with Crippen molar-refractivity contribution in [1.29, 1.82) is 0 Å². The lowest BCUT2D eigenvalue weighted by atomic mass is 10.1. The van der Waals surface area contributed by atoms with E-state index in [1.807, 2.05) is 0 Å². The van der Waals surface area contributed by atoms with Gasteiger partial charge in [-0.25, -0.2) is 0 Å². The fourth-order valence-electron chi connectivity index (χ4n) is 1.86. The van der Waals surface area contributed by atoms with Gasteiger partial charge in [-0.15, -0.1) is 10.2 Å². The van der Waals surface area contributed by atoms with Crippen LogP contribution >= 0.6 is 46.6 Å². The van der Waals surface area contributed by atoms with Crippen LogP contribution in [-0.2, 0) is 0 Å². The second-order valence-electron chi connectivity index (χ2n) is 4.72. The largest absolute Gasteiger partial charge is 0.411 e. The molecule has 122 valence electrons. The molecule has 2 aromatic carbocycles. The minimum absolute atomic E-state index is 0.0500. The Bertz CT molecular complexity index is 881. The van der Waals surface area contributed by atoms with Gasteiger partial charge in [0.15, 0.2) is 5.78 Å². The first-order valence-corrected chi connectivity index (χ1v) is 8.85. The molecule has 0 atom stereocenters. The Balaban J connectivity index is 1.66. The number of Topliss-reactive ketones (excluding diaryl/α,β-unsaturated/α-hetero) is 1. The van der Waals surface area contributed by atoms with Gasteiger partial charge in [-0.3, -0.25) is 4.79 Å². The molecule has 0 spiro atoms. The number of nitrogens with zero attached hydrogens (tertiary/aromatic N) is 2. The number of rotatable bonds is 5. The Hall–Kier alpha value is -1.53. The summed E-state index contributed by atoms with van der Waals surface area (Å²) in [5.74, 6) is 0.450. The van der Waals surface area contributed by atoms with Crippen molar-refractivity contribution < 1.29 is 9.21 Å². The third-order valence-corrected chi connectivity index (χ3v) is 4.88. The molecule has 0 amide bonds. The third-order valence-electron chi connectivity index (χ3n) is 3.07. The van der Waals surface area contributed by atoms with E-state index in [9.17, 15) is 4.79 Å². The van der Waals surface area contributed by atoms with E-state index in [1.54, 1.807) is 42.5 Å². The fraction of sp³-hybridized carbons (Fsp3) is 0.0625. The number of hydrogen-bond donors (Lipinski definition) is 0. The summed E-state index contributed by atoms with van der Waals surface area (Å²) >= 11 is 18.8. The predicted octanol–water partition coefficient (Wildman–Crippen LogP) is 5.67. The van der Waals surface area contributed by atoms with Crippen molar-refractivity contribution in [3.63, 3.8) is 0 Å². The Morgan fingerprint density at radius 2 is 1.75 bits per heavy atom. The first-order valence-electron chi connectivity index (χ1n) is 6.73. The second kappa shape index (κ2) is 7.57. The van der Waals surface area contributed by atoms with Crippen LogP contribution in [0.1, 0.15) is 10.4 Å². The molecule has 0 aliphatic heterocycles. The van der Waals surface area contributed by atoms with Gasteiger partial charge in [0, 0.05) is 16.1 Å². The summed E-state index contributed by atoms with van der Waals surface area (Å²) < 4.78 is 5.54. The number of aromatic nitrogens is 2. The van der Waals surface area contributed by atoms with Gasteiger partial charge in [-0.05, 0) is 42.5 Å². The molecule has 0 bridgehead atoms. The summed E-state index contributed by atoms with van der Waals surface area (Å²) in [6.45, 7) is 0. The zero-order valence-corrected chi connectivity index (χ0v) is 15.1. The van der Waals surface area contributed by atoms with E-state index in [-0.39, 0.29) is 11.5 Å². The van der Waals surface area contributed by atoms with Crippen LogP contribution in [0, 0.1) is 0 Å². The van der Waals surface area contributed by atoms with Crippen LogP contribution in [0.5, 0.6) is 0 Å². The van der Waals surface area contributed by atoms with Crippen molar-refractivity contribution in [1.82, 2.24) is 10.2 Å². The molecule has 0 saturated carbocycles. The predicted molar refractivity (Wildman–Crippen MR) is 96.3 cm³/mol. The molecule has 4 nitrogen and oxygen atoms in total. The van der Waals surface area contributed by atoms with Gasteiger partial charge in [-0.1, -0.05) is 46.6 Å². The maximum Gasteiger partial charge on any atom is 0.277 e. The Morgan fingerprint density at radius 1 is 1.00 bits per heavy atom. The lowest BCUT2D eigenvalue weighted by molar-refractivity contribution is 0.102. The third kappa shape index (κ3) is 4.11. The van der Waals surface area contributed by atoms with E-state index in [2.05, 4.69) is 10.2 Å². The first-order chi connectivity index (χ1) is 11.5. The van der Waals surface area contributed by atoms with Crippen LogP contribution in [0.15, 0.2) is 52.1 Å². The number of hydrogen-bond acceptors (Lipinski definition) is 5. The van der Waals surface area contributed by atoms with Crippen LogP contribution in [0.3, 0.4) is 0 Å². The number of halogens is 3. The van der Waals surface area contributed by atoms with Crippen LogP contribution in [0.2, 0.25) is 15.1 Å². The zero-order valence-electron chi connectivity index (χ0n) is 12.0. The number of carbonyl (C=O) groups is 1. The molecule has 1 aromatic heterocycles. The Morgan fingerprint density at radius 3 is 2.46 bits per heavy atom. The van der Waals surface area contributed by atoms with Crippen molar-refractivity contribution in [2.24, 2.45) is 0 Å². The van der Waals surface area contributed by atoms with Crippen molar-refractivity contribution in [2.75, 3.05) is 5.75 Å². The van der Waals surface area contributed by atoms with E-state index in [4.69, 9.17) is 39.2 Å². The van der Waals surface area contributed by atoms with Gasteiger partial charge in [0.2, 0.25) is 5.89 Å². The monoisotopic (exact) mass is 398 g/mol. The molecule has 0 radical (unpaired) electrons. The summed E-state index contributed by atoms with van der Waals surface area (Å²) in [4.78, 5) is 12.1. The molecule has 3 rings (SSSR count). The molecule has 0 unspecified atom stereocenters. The van der Waals surface area contributed by atoms with Gasteiger partial charge in [0.25, 0.3) is 5.22 Å². The lowest BCUT2D eigenvalue weighted by Gasteiger charge is -1.99. The normalized spacial score (nSPS) is 10.8. The molecule has 0 N–H and O–H groups in total. The molecule has 24 heavy (non-hydrogen) atoms. The molecular weight excluding hydrogens is 391 g/mol. The van der Waals surface area contributed by atoms with Crippen LogP contribution in [0.25, 0.3) is 11.5 Å². The highest BCUT2D eigenvalue weighted by molar-refractivity contribution is 7.99. The van der Waals surface area contributed by atoms with Crippen LogP contribution in [-0.4, -0.2) is 21.7 Å². The van der Waals surface area contributed by atoms with Gasteiger partial charge >= 0.3 is 0 Å². The molecule has 3 aromatic rings. The highest BCUT2D eigenvalue weighted by Crippen LogP contribution is 2.29. The Labute approximate surface area is 157 Å². The minimum Gasteiger partial charge on any atom is -0.411 e. The zero-order chi connectivity index (χ0) is 17.1. The quantitative estimate of drug-likeness (QED) is 0.408. The summed E-state index contributed by atoms with van der Waals surface area (Å²) in [6, 6.07) is 11.7.